The summed E-state index contributed by atoms with van der Waals surface area (Å²) >= 11 is 0. The fourth-order valence-corrected chi connectivity index (χ4v) is 2.14. The zero-order chi connectivity index (χ0) is 16.5. The molecule has 1 aliphatic rings. The molecule has 3 rings (SSSR count). The summed E-state index contributed by atoms with van der Waals surface area (Å²) in [6, 6.07) is 13.2. The third kappa shape index (κ3) is 8.50. The fraction of sp³-hybridized carbons (Fsp3) is 0.222. The molecule has 0 aliphatic heterocycles. The van der Waals surface area contributed by atoms with Crippen LogP contribution >= 0.6 is 0 Å². The van der Waals surface area contributed by atoms with E-state index in [0.29, 0.717) is 0 Å². The van der Waals surface area contributed by atoms with Crippen molar-refractivity contribution in [2.24, 2.45) is 0 Å². The largest absolute Gasteiger partial charge is 2.00 e. The van der Waals surface area contributed by atoms with Gasteiger partial charge in [-0.2, -0.15) is 0 Å². The van der Waals surface area contributed by atoms with Gasteiger partial charge in [0.25, 0.3) is 0 Å². The second-order valence-electron chi connectivity index (χ2n) is 4.83. The number of benzene rings is 2. The number of carbonyl (C=O) groups excluding carboxylic acids is 2. The van der Waals surface area contributed by atoms with E-state index in [4.69, 9.17) is 19.8 Å². The average molecular weight is 499 g/mol. The first kappa shape index (κ1) is 21.3. The summed E-state index contributed by atoms with van der Waals surface area (Å²) in [5.41, 5.74) is 2.98. The molecule has 2 aromatic rings. The Labute approximate surface area is 156 Å². The predicted molar refractivity (Wildman–Crippen MR) is 81.9 cm³/mol. The van der Waals surface area contributed by atoms with Gasteiger partial charge in [0, 0.05) is 11.9 Å². The van der Waals surface area contributed by atoms with E-state index in [-0.39, 0.29) is 27.7 Å². The predicted octanol–water partition coefficient (Wildman–Crippen LogP) is 1.00. The molecule has 0 amide bonds. The number of carboxylic acid groups (broad SMARTS) is 2. The molecule has 4 nitrogen and oxygen atoms in total. The first-order chi connectivity index (χ1) is 10.4. The summed E-state index contributed by atoms with van der Waals surface area (Å²) < 4.78 is 0. The number of fused-ring (bicyclic) bond motifs is 2. The molecule has 0 heterocycles. The minimum absolute atomic E-state index is 0. The van der Waals surface area contributed by atoms with Crippen LogP contribution in [0.15, 0.2) is 48.6 Å². The van der Waals surface area contributed by atoms with Gasteiger partial charge < -0.3 is 19.8 Å². The average Bonchev–Trinajstić information content (AvgIpc) is 2.44. The zero-order valence-electron chi connectivity index (χ0n) is 13.4. The van der Waals surface area contributed by atoms with Crippen molar-refractivity contribution in [1.29, 1.82) is 0 Å². The van der Waals surface area contributed by atoms with E-state index in [9.17, 15) is 0 Å². The van der Waals surface area contributed by atoms with Crippen molar-refractivity contribution in [2.45, 2.75) is 26.7 Å². The molecular weight excluding hydrogens is 481 g/mol. The van der Waals surface area contributed by atoms with Crippen molar-refractivity contribution < 1.29 is 47.5 Å². The van der Waals surface area contributed by atoms with E-state index < -0.39 is 11.9 Å². The molecule has 0 aromatic heterocycles. The molecule has 23 heavy (non-hydrogen) atoms. The summed E-state index contributed by atoms with van der Waals surface area (Å²) in [5.74, 6) is -2.17. The van der Waals surface area contributed by atoms with Crippen LogP contribution in [-0.4, -0.2) is 11.9 Å². The second kappa shape index (κ2) is 10.9. The number of allylic oxidation sites excluding steroid dienone is 2. The standard InChI is InChI=1S/C14H12.2C2H4O2.Hg/c1-2-6-12-10-14-8-4-3-7-13(14)9-11(12)5-1;2*1-2(3)4;/h1-6,9-10H,7-8H2;2*1H3,(H,3,4);/q;;;+2/p-2. The molecule has 0 atom stereocenters. The Kier molecular flexibility index (Phi) is 10.1. The van der Waals surface area contributed by atoms with Crippen molar-refractivity contribution in [3.63, 3.8) is 0 Å². The van der Waals surface area contributed by atoms with Crippen molar-refractivity contribution >= 4 is 22.7 Å². The summed E-state index contributed by atoms with van der Waals surface area (Å²) in [6.45, 7) is 1.94. The number of aliphatic carboxylic acids is 2. The summed E-state index contributed by atoms with van der Waals surface area (Å²) in [5, 5.41) is 20.5. The Hall–Kier alpha value is -1.68. The normalized spacial score (nSPS) is 10.9. The summed E-state index contributed by atoms with van der Waals surface area (Å²) in [4.78, 5) is 17.8. The van der Waals surface area contributed by atoms with E-state index in [1.54, 1.807) is 0 Å². The number of carbonyl (C=O) groups is 2. The van der Waals surface area contributed by atoms with E-state index in [0.717, 1.165) is 26.7 Å². The van der Waals surface area contributed by atoms with Crippen LogP contribution in [0.5, 0.6) is 0 Å². The molecule has 1 aliphatic carbocycles. The summed E-state index contributed by atoms with van der Waals surface area (Å²) in [7, 11) is 0. The Morgan fingerprint density at radius 2 is 1.13 bits per heavy atom. The molecule has 0 radical (unpaired) electrons. The molecule has 0 fully saturated rings. The second-order valence-corrected chi connectivity index (χ2v) is 4.83. The maximum atomic E-state index is 8.89. The van der Waals surface area contributed by atoms with Crippen LogP contribution in [0.4, 0.5) is 0 Å². The molecular formula is C18H18HgO4. The van der Waals surface area contributed by atoms with Crippen LogP contribution in [0.3, 0.4) is 0 Å². The van der Waals surface area contributed by atoms with Crippen LogP contribution in [-0.2, 0) is 50.1 Å². The molecule has 0 N–H and O–H groups in total. The third-order valence-electron chi connectivity index (χ3n) is 2.91. The fourth-order valence-electron chi connectivity index (χ4n) is 2.14. The van der Waals surface area contributed by atoms with Crippen LogP contribution in [0, 0.1) is 0 Å². The quantitative estimate of drug-likeness (QED) is 0.401. The Balaban J connectivity index is 0.000000461. The number of hydrogen-bond acceptors (Lipinski definition) is 4. The van der Waals surface area contributed by atoms with Gasteiger partial charge in [-0.15, -0.1) is 0 Å². The monoisotopic (exact) mass is 500 g/mol. The smallest absolute Gasteiger partial charge is 0.550 e. The van der Waals surface area contributed by atoms with E-state index >= 15 is 0 Å². The van der Waals surface area contributed by atoms with E-state index in [1.165, 1.54) is 21.9 Å². The van der Waals surface area contributed by atoms with Gasteiger partial charge in [0.1, 0.15) is 0 Å². The first-order valence-electron chi connectivity index (χ1n) is 6.91. The molecule has 2 aromatic carbocycles. The SMILES string of the molecule is C1=CCc2cc3ccccc3cc2C1.CC(=O)[O-].CC(=O)[O-].[Hg+2]. The van der Waals surface area contributed by atoms with Gasteiger partial charge in [0.15, 0.2) is 0 Å². The number of rotatable bonds is 0. The maximum absolute atomic E-state index is 8.89. The van der Waals surface area contributed by atoms with Crippen LogP contribution < -0.4 is 10.2 Å². The van der Waals surface area contributed by atoms with Crippen molar-refractivity contribution in [3.8, 4) is 0 Å². The van der Waals surface area contributed by atoms with Gasteiger partial charge in [-0.05, 0) is 48.6 Å². The Morgan fingerprint density at radius 1 is 0.826 bits per heavy atom. The maximum Gasteiger partial charge on any atom is 2.00 e. The minimum Gasteiger partial charge on any atom is -0.550 e. The zero-order valence-corrected chi connectivity index (χ0v) is 18.9. The van der Waals surface area contributed by atoms with E-state index in [1.807, 2.05) is 0 Å². The van der Waals surface area contributed by atoms with Gasteiger partial charge in [-0.1, -0.05) is 48.6 Å². The number of hydrogen-bond donors (Lipinski definition) is 0. The molecule has 0 unspecified atom stereocenters. The summed E-state index contributed by atoms with van der Waals surface area (Å²) in [6.07, 6.45) is 6.72. The van der Waals surface area contributed by atoms with Gasteiger partial charge in [0.05, 0.1) is 0 Å². The van der Waals surface area contributed by atoms with Gasteiger partial charge in [0.2, 0.25) is 0 Å². The van der Waals surface area contributed by atoms with Crippen molar-refractivity contribution in [2.75, 3.05) is 0 Å². The van der Waals surface area contributed by atoms with Crippen LogP contribution in [0.2, 0.25) is 0 Å². The van der Waals surface area contributed by atoms with Crippen molar-refractivity contribution in [1.82, 2.24) is 0 Å². The topological polar surface area (TPSA) is 80.3 Å². The first-order valence-corrected chi connectivity index (χ1v) is 6.91. The molecule has 5 heteroatoms. The van der Waals surface area contributed by atoms with Crippen molar-refractivity contribution in [3.05, 3.63) is 59.7 Å². The van der Waals surface area contributed by atoms with Crippen LogP contribution in [0.25, 0.3) is 10.8 Å². The molecule has 0 saturated heterocycles. The van der Waals surface area contributed by atoms with Gasteiger partial charge in [-0.25, -0.2) is 0 Å². The number of carboxylic acids is 2. The molecule has 116 valence electrons. The molecule has 0 spiro atoms. The Morgan fingerprint density at radius 3 is 1.43 bits per heavy atom. The minimum atomic E-state index is -1.08. The third-order valence-corrected chi connectivity index (χ3v) is 2.91. The van der Waals surface area contributed by atoms with Gasteiger partial charge >= 0.3 is 27.7 Å². The van der Waals surface area contributed by atoms with Crippen LogP contribution in [0.1, 0.15) is 25.0 Å². The molecule has 0 bridgehead atoms. The van der Waals surface area contributed by atoms with Gasteiger partial charge in [-0.3, -0.25) is 0 Å². The Bertz CT molecular complexity index is 626. The van der Waals surface area contributed by atoms with E-state index in [2.05, 4.69) is 48.6 Å². The molecule has 0 saturated carbocycles.